The molecule has 2 unspecified atom stereocenters. The minimum atomic E-state index is -0.580. The lowest BCUT2D eigenvalue weighted by atomic mass is 10.0. The van der Waals surface area contributed by atoms with Gasteiger partial charge in [-0.2, -0.15) is 0 Å². The van der Waals surface area contributed by atoms with Crippen molar-refractivity contribution >= 4 is 6.41 Å². The number of nitrogens with zero attached hydrogens (tertiary/aromatic N) is 1. The van der Waals surface area contributed by atoms with Gasteiger partial charge in [-0.1, -0.05) is 24.3 Å². The quantitative estimate of drug-likeness (QED) is 0.790. The fraction of sp³-hybridized carbons (Fsp3) is 0.500. The van der Waals surface area contributed by atoms with Crippen LogP contribution >= 0.6 is 0 Å². The number of rotatable bonds is 2. The van der Waals surface area contributed by atoms with Gasteiger partial charge >= 0.3 is 0 Å². The summed E-state index contributed by atoms with van der Waals surface area (Å²) in [7, 11) is 0. The maximum Gasteiger partial charge on any atom is 0.210 e. The Morgan fingerprint density at radius 1 is 1.50 bits per heavy atom. The number of carbonyl (C=O) groups excluding carboxylic acids is 1. The molecule has 1 aromatic rings. The highest BCUT2D eigenvalue weighted by molar-refractivity contribution is 5.52. The molecule has 0 aromatic heterocycles. The molecule has 18 heavy (non-hydrogen) atoms. The van der Waals surface area contributed by atoms with Crippen LogP contribution in [0.25, 0.3) is 0 Å². The molecule has 3 rings (SSSR count). The van der Waals surface area contributed by atoms with E-state index in [0.29, 0.717) is 6.61 Å². The highest BCUT2D eigenvalue weighted by atomic mass is 16.5. The summed E-state index contributed by atoms with van der Waals surface area (Å²) in [6, 6.07) is 7.81. The van der Waals surface area contributed by atoms with Gasteiger partial charge in [0, 0.05) is 6.42 Å². The van der Waals surface area contributed by atoms with Crippen molar-refractivity contribution in [1.29, 1.82) is 0 Å². The first kappa shape index (κ1) is 11.7. The lowest BCUT2D eigenvalue weighted by Gasteiger charge is -2.43. The minimum absolute atomic E-state index is 0.0302. The predicted octanol–water partition coefficient (Wildman–Crippen LogP) is 0.890. The topological polar surface area (TPSA) is 49.8 Å². The van der Waals surface area contributed by atoms with Crippen molar-refractivity contribution in [1.82, 2.24) is 4.90 Å². The Labute approximate surface area is 106 Å². The van der Waals surface area contributed by atoms with E-state index in [-0.39, 0.29) is 18.2 Å². The second-order valence-corrected chi connectivity index (χ2v) is 5.08. The van der Waals surface area contributed by atoms with Gasteiger partial charge in [0.05, 0.1) is 30.9 Å². The van der Waals surface area contributed by atoms with Gasteiger partial charge in [0.15, 0.2) is 0 Å². The number of fused-ring (bicyclic) bond motifs is 3. The molecule has 1 N–H and O–H groups in total. The largest absolute Gasteiger partial charge is 0.391 e. The third-order valence-electron chi connectivity index (χ3n) is 4.01. The van der Waals surface area contributed by atoms with Crippen LogP contribution in [0.4, 0.5) is 0 Å². The zero-order valence-corrected chi connectivity index (χ0v) is 10.3. The molecule has 1 fully saturated rings. The van der Waals surface area contributed by atoms with E-state index in [2.05, 4.69) is 6.07 Å². The number of aliphatic hydroxyl groups excluding tert-OH is 1. The van der Waals surface area contributed by atoms with E-state index < -0.39 is 6.10 Å². The maximum absolute atomic E-state index is 11.4. The molecular weight excluding hydrogens is 230 g/mol. The number of hydrogen-bond acceptors (Lipinski definition) is 3. The van der Waals surface area contributed by atoms with Crippen LogP contribution in [0.15, 0.2) is 24.3 Å². The molecule has 1 heterocycles. The second-order valence-electron chi connectivity index (χ2n) is 5.08. The third-order valence-corrected chi connectivity index (χ3v) is 4.01. The summed E-state index contributed by atoms with van der Waals surface area (Å²) >= 11 is 0. The van der Waals surface area contributed by atoms with Crippen LogP contribution in [0.1, 0.15) is 24.1 Å². The predicted molar refractivity (Wildman–Crippen MR) is 66.0 cm³/mol. The van der Waals surface area contributed by atoms with Gasteiger partial charge in [-0.25, -0.2) is 0 Å². The molecular formula is C14H17NO3. The summed E-state index contributed by atoms with van der Waals surface area (Å²) in [5.74, 6) is 0. The highest BCUT2D eigenvalue weighted by Gasteiger charge is 2.44. The number of ether oxygens (including phenoxy) is 1. The smallest absolute Gasteiger partial charge is 0.210 e. The van der Waals surface area contributed by atoms with Crippen LogP contribution in [0.2, 0.25) is 0 Å². The van der Waals surface area contributed by atoms with Crippen molar-refractivity contribution in [3.63, 3.8) is 0 Å². The fourth-order valence-electron chi connectivity index (χ4n) is 3.09. The Kier molecular flexibility index (Phi) is 2.84. The second kappa shape index (κ2) is 4.37. The monoisotopic (exact) mass is 247 g/mol. The van der Waals surface area contributed by atoms with Gasteiger partial charge in [0.2, 0.25) is 6.41 Å². The lowest BCUT2D eigenvalue weighted by Crippen LogP contribution is -2.54. The normalized spacial score (nSPS) is 31.7. The number of amides is 1. The first-order chi connectivity index (χ1) is 8.72. The van der Waals surface area contributed by atoms with Gasteiger partial charge in [0.1, 0.15) is 0 Å². The lowest BCUT2D eigenvalue weighted by molar-refractivity contribution is -0.150. The van der Waals surface area contributed by atoms with E-state index in [0.717, 1.165) is 18.4 Å². The molecule has 0 saturated carbocycles. The van der Waals surface area contributed by atoms with Crippen LogP contribution in [-0.4, -0.2) is 41.3 Å². The summed E-state index contributed by atoms with van der Waals surface area (Å²) < 4.78 is 5.83. The van der Waals surface area contributed by atoms with Crippen molar-refractivity contribution in [2.75, 3.05) is 6.61 Å². The van der Waals surface area contributed by atoms with E-state index in [4.69, 9.17) is 4.74 Å². The average molecular weight is 247 g/mol. The zero-order valence-electron chi connectivity index (χ0n) is 10.3. The van der Waals surface area contributed by atoms with Crippen LogP contribution in [0.3, 0.4) is 0 Å². The molecule has 1 aromatic carbocycles. The summed E-state index contributed by atoms with van der Waals surface area (Å²) in [5.41, 5.74) is 2.39. The number of morpholine rings is 1. The molecule has 4 nitrogen and oxygen atoms in total. The van der Waals surface area contributed by atoms with Gasteiger partial charge < -0.3 is 14.7 Å². The first-order valence-electron chi connectivity index (χ1n) is 6.32. The molecule has 0 spiro atoms. The molecule has 4 heteroatoms. The maximum atomic E-state index is 11.4. The van der Waals surface area contributed by atoms with E-state index in [1.807, 2.05) is 18.2 Å². The Morgan fingerprint density at radius 2 is 2.28 bits per heavy atom. The van der Waals surface area contributed by atoms with Crippen molar-refractivity contribution in [3.8, 4) is 0 Å². The van der Waals surface area contributed by atoms with E-state index in [1.165, 1.54) is 5.56 Å². The van der Waals surface area contributed by atoms with Crippen LogP contribution in [0.5, 0.6) is 0 Å². The summed E-state index contributed by atoms with van der Waals surface area (Å²) in [5, 5.41) is 9.77. The SMILES string of the molecule is CC(O)C1CO[C@H]2Cc3ccccc3[C@H]2N1C=O. The average Bonchev–Trinajstić information content (AvgIpc) is 2.75. The van der Waals surface area contributed by atoms with Crippen molar-refractivity contribution in [2.24, 2.45) is 0 Å². The highest BCUT2D eigenvalue weighted by Crippen LogP contribution is 2.41. The number of hydrogen-bond donors (Lipinski definition) is 1. The third kappa shape index (κ3) is 1.64. The minimum Gasteiger partial charge on any atom is -0.391 e. The Morgan fingerprint density at radius 3 is 3.00 bits per heavy atom. The van der Waals surface area contributed by atoms with Gasteiger partial charge in [-0.3, -0.25) is 4.79 Å². The molecule has 1 amide bonds. The molecule has 2 aliphatic rings. The van der Waals surface area contributed by atoms with Crippen molar-refractivity contribution in [2.45, 2.75) is 37.6 Å². The van der Waals surface area contributed by atoms with Gasteiger partial charge in [0.25, 0.3) is 0 Å². The zero-order chi connectivity index (χ0) is 12.7. The van der Waals surface area contributed by atoms with E-state index in [1.54, 1.807) is 11.8 Å². The van der Waals surface area contributed by atoms with E-state index >= 15 is 0 Å². The van der Waals surface area contributed by atoms with Crippen molar-refractivity contribution < 1.29 is 14.6 Å². The number of aliphatic hydroxyl groups is 1. The molecule has 1 aliphatic heterocycles. The van der Waals surface area contributed by atoms with Crippen LogP contribution in [-0.2, 0) is 16.0 Å². The Bertz CT molecular complexity index is 460. The molecule has 1 saturated heterocycles. The van der Waals surface area contributed by atoms with Crippen LogP contribution < -0.4 is 0 Å². The molecule has 0 radical (unpaired) electrons. The van der Waals surface area contributed by atoms with Gasteiger partial charge in [-0.05, 0) is 18.1 Å². The molecule has 4 atom stereocenters. The molecule has 96 valence electrons. The summed E-state index contributed by atoms with van der Waals surface area (Å²) in [4.78, 5) is 13.1. The number of benzene rings is 1. The standard InChI is InChI=1S/C14H17NO3/c1-9(17)12-7-18-13-6-10-4-2-3-5-11(10)14(13)15(12)8-16/h2-5,8-9,12-14,17H,6-7H2,1H3/t9?,12?,13-,14+/m0/s1. The molecule has 1 aliphatic carbocycles. The van der Waals surface area contributed by atoms with E-state index in [9.17, 15) is 9.90 Å². The summed E-state index contributed by atoms with van der Waals surface area (Å²) in [6.07, 6.45) is 1.14. The molecule has 0 bridgehead atoms. The number of carbonyl (C=O) groups is 1. The summed E-state index contributed by atoms with van der Waals surface area (Å²) in [6.45, 7) is 2.11. The van der Waals surface area contributed by atoms with Crippen LogP contribution in [0, 0.1) is 0 Å². The fourth-order valence-corrected chi connectivity index (χ4v) is 3.09. The van der Waals surface area contributed by atoms with Gasteiger partial charge in [-0.15, -0.1) is 0 Å². The Hall–Kier alpha value is -1.39. The first-order valence-corrected chi connectivity index (χ1v) is 6.32. The van der Waals surface area contributed by atoms with Crippen molar-refractivity contribution in [3.05, 3.63) is 35.4 Å². The Balaban J connectivity index is 1.99.